The van der Waals surface area contributed by atoms with E-state index in [1.165, 1.54) is 12.1 Å². The molecule has 2 rings (SSSR count). The van der Waals surface area contributed by atoms with E-state index in [-0.39, 0.29) is 12.0 Å². The van der Waals surface area contributed by atoms with Crippen molar-refractivity contribution < 1.29 is 29.9 Å². The van der Waals surface area contributed by atoms with Gasteiger partial charge in [-0.25, -0.2) is 10.1 Å². The summed E-state index contributed by atoms with van der Waals surface area (Å²) >= 11 is 11.1. The molecule has 0 saturated heterocycles. The first-order chi connectivity index (χ1) is 10.5. The molecule has 6 nitrogen and oxygen atoms in total. The van der Waals surface area contributed by atoms with E-state index < -0.39 is 5.97 Å². The lowest BCUT2D eigenvalue weighted by Crippen LogP contribution is -2.00. The van der Waals surface area contributed by atoms with Crippen molar-refractivity contribution in [1.82, 2.24) is 0 Å². The van der Waals surface area contributed by atoms with Gasteiger partial charge in [-0.15, -0.1) is 0 Å². The fraction of sp³-hybridized carbons (Fsp3) is 0. The average molecular weight is 347 g/mol. The third-order valence-electron chi connectivity index (χ3n) is 1.92. The van der Waals surface area contributed by atoms with E-state index in [1.54, 1.807) is 12.1 Å². The van der Waals surface area contributed by atoms with Gasteiger partial charge in [0.2, 0.25) is 0 Å². The van der Waals surface area contributed by atoms with Gasteiger partial charge in [-0.05, 0) is 30.3 Å². The quantitative estimate of drug-likeness (QED) is 0.486. The van der Waals surface area contributed by atoms with Crippen molar-refractivity contribution in [3.05, 3.63) is 70.2 Å². The predicted octanol–water partition coefficient (Wildman–Crippen LogP) is 3.94. The lowest BCUT2D eigenvalue weighted by Gasteiger charge is -1.95. The molecule has 22 heavy (non-hydrogen) atoms. The number of hydrogen-bond donors (Lipinski definition) is 2. The predicted molar refractivity (Wildman–Crippen MR) is 80.7 cm³/mol. The van der Waals surface area contributed by atoms with Crippen LogP contribution in [0.15, 0.2) is 54.6 Å². The first kappa shape index (κ1) is 19.9. The molecule has 0 aliphatic carbocycles. The zero-order valence-electron chi connectivity index (χ0n) is 11.1. The van der Waals surface area contributed by atoms with Crippen molar-refractivity contribution in [1.29, 1.82) is 0 Å². The molecule has 0 radical (unpaired) electrons. The maximum Gasteiger partial charge on any atom is 0.372 e. The second-order valence-electron chi connectivity index (χ2n) is 3.39. The molecular weight excluding hydrogens is 335 g/mol. The largest absolute Gasteiger partial charge is 0.372 e. The zero-order chi connectivity index (χ0) is 16.8. The maximum absolute atomic E-state index is 10.6. The van der Waals surface area contributed by atoms with Crippen molar-refractivity contribution in [2.24, 2.45) is 0 Å². The smallest absolute Gasteiger partial charge is 0.304 e. The van der Waals surface area contributed by atoms with Crippen LogP contribution in [0.4, 0.5) is 0 Å². The van der Waals surface area contributed by atoms with Gasteiger partial charge in [-0.1, -0.05) is 47.5 Å². The number of carbonyl (C=O) groups is 2. The Hall–Kier alpha value is -2.12. The van der Waals surface area contributed by atoms with E-state index in [1.807, 2.05) is 30.3 Å². The van der Waals surface area contributed by atoms with E-state index in [0.29, 0.717) is 5.02 Å². The fourth-order valence-corrected chi connectivity index (χ4v) is 1.42. The SMILES string of the molecule is Clc1ccccc1.O=C(OO)c1cccc(Cl)c1.O=COO. The highest BCUT2D eigenvalue weighted by atomic mass is 35.5. The molecule has 8 heteroatoms. The number of carbonyl (C=O) groups excluding carboxylic acids is 2. The summed E-state index contributed by atoms with van der Waals surface area (Å²) in [6.45, 7) is -0.0694. The first-order valence-electron chi connectivity index (χ1n) is 5.60. The topological polar surface area (TPSA) is 93.1 Å². The molecule has 0 spiro atoms. The highest BCUT2D eigenvalue weighted by Crippen LogP contribution is 2.10. The molecule has 0 amide bonds. The number of benzene rings is 2. The highest BCUT2D eigenvalue weighted by Gasteiger charge is 2.05. The Morgan fingerprint density at radius 3 is 1.86 bits per heavy atom. The molecule has 0 heterocycles. The molecule has 0 fully saturated rings. The number of halogens is 2. The van der Waals surface area contributed by atoms with E-state index in [0.717, 1.165) is 5.02 Å². The van der Waals surface area contributed by atoms with Crippen LogP contribution in [0.25, 0.3) is 0 Å². The van der Waals surface area contributed by atoms with Crippen LogP contribution in [-0.2, 0) is 14.6 Å². The summed E-state index contributed by atoms with van der Waals surface area (Å²) < 4.78 is 0. The summed E-state index contributed by atoms with van der Waals surface area (Å²) in [4.78, 5) is 25.7. The minimum Gasteiger partial charge on any atom is -0.304 e. The Morgan fingerprint density at radius 2 is 1.50 bits per heavy atom. The molecule has 2 aromatic carbocycles. The van der Waals surface area contributed by atoms with Gasteiger partial charge in [-0.2, -0.15) is 5.26 Å². The Kier molecular flexibility index (Phi) is 11.4. The number of rotatable bonds is 2. The molecule has 0 aromatic heterocycles. The summed E-state index contributed by atoms with van der Waals surface area (Å²) in [5.41, 5.74) is 0.222. The molecule has 118 valence electrons. The third kappa shape index (κ3) is 9.73. The standard InChI is InChI=1S/C7H5ClO3.C6H5Cl.CH2O3/c8-6-3-1-2-5(4-6)7(9)11-10;7-6-4-2-1-3-5-6;2-1-4-3/h1-4,10H;1-5H;1,3H. The van der Waals surface area contributed by atoms with Crippen LogP contribution in [0.3, 0.4) is 0 Å². The second kappa shape index (κ2) is 12.6. The summed E-state index contributed by atoms with van der Waals surface area (Å²) in [5, 5.41) is 16.2. The van der Waals surface area contributed by atoms with E-state index >= 15 is 0 Å². The van der Waals surface area contributed by atoms with Gasteiger partial charge in [0.1, 0.15) is 0 Å². The van der Waals surface area contributed by atoms with Crippen LogP contribution in [0.1, 0.15) is 10.4 Å². The van der Waals surface area contributed by atoms with Crippen molar-refractivity contribution in [2.75, 3.05) is 0 Å². The van der Waals surface area contributed by atoms with E-state index in [2.05, 4.69) is 9.78 Å². The van der Waals surface area contributed by atoms with Crippen molar-refractivity contribution in [2.45, 2.75) is 0 Å². The Labute approximate surface area is 136 Å². The third-order valence-corrected chi connectivity index (χ3v) is 2.41. The molecule has 0 aliphatic heterocycles. The molecule has 2 aromatic rings. The van der Waals surface area contributed by atoms with Crippen LogP contribution in [0.2, 0.25) is 10.0 Å². The van der Waals surface area contributed by atoms with Crippen molar-refractivity contribution >= 4 is 35.6 Å². The van der Waals surface area contributed by atoms with Gasteiger partial charge in [0, 0.05) is 10.0 Å². The lowest BCUT2D eigenvalue weighted by molar-refractivity contribution is -0.217. The molecule has 0 saturated carbocycles. The number of hydrogen-bond acceptors (Lipinski definition) is 6. The van der Waals surface area contributed by atoms with Gasteiger partial charge in [-0.3, -0.25) is 9.68 Å². The Balaban J connectivity index is 0.000000343. The zero-order valence-corrected chi connectivity index (χ0v) is 12.6. The summed E-state index contributed by atoms with van der Waals surface area (Å²) in [5.74, 6) is -0.813. The van der Waals surface area contributed by atoms with Gasteiger partial charge in [0.15, 0.2) is 0 Å². The van der Waals surface area contributed by atoms with Crippen LogP contribution >= 0.6 is 23.2 Å². The van der Waals surface area contributed by atoms with Crippen molar-refractivity contribution in [3.8, 4) is 0 Å². The van der Waals surface area contributed by atoms with Gasteiger partial charge < -0.3 is 4.89 Å². The molecular formula is C14H12Cl2O6. The lowest BCUT2D eigenvalue weighted by atomic mass is 10.2. The fourth-order valence-electron chi connectivity index (χ4n) is 1.08. The van der Waals surface area contributed by atoms with Gasteiger partial charge in [0.05, 0.1) is 5.56 Å². The normalized spacial score (nSPS) is 8.36. The van der Waals surface area contributed by atoms with Crippen LogP contribution < -0.4 is 0 Å². The van der Waals surface area contributed by atoms with E-state index in [4.69, 9.17) is 38.5 Å². The highest BCUT2D eigenvalue weighted by molar-refractivity contribution is 6.31. The molecule has 2 N–H and O–H groups in total. The molecule has 0 aliphatic rings. The summed E-state index contributed by atoms with van der Waals surface area (Å²) in [7, 11) is 0. The van der Waals surface area contributed by atoms with Crippen LogP contribution in [-0.4, -0.2) is 23.0 Å². The molecule has 0 unspecified atom stereocenters. The minimum atomic E-state index is -0.813. The van der Waals surface area contributed by atoms with E-state index in [9.17, 15) is 4.79 Å². The Morgan fingerprint density at radius 1 is 0.955 bits per heavy atom. The second-order valence-corrected chi connectivity index (χ2v) is 4.26. The summed E-state index contributed by atoms with van der Waals surface area (Å²) in [6, 6.07) is 15.6. The first-order valence-corrected chi connectivity index (χ1v) is 6.36. The van der Waals surface area contributed by atoms with Gasteiger partial charge in [0.25, 0.3) is 0 Å². The Bertz CT molecular complexity index is 562. The molecule has 0 bridgehead atoms. The average Bonchev–Trinajstić information content (AvgIpc) is 2.55. The monoisotopic (exact) mass is 346 g/mol. The van der Waals surface area contributed by atoms with Crippen LogP contribution in [0, 0.1) is 0 Å². The minimum absolute atomic E-state index is 0.0694. The summed E-state index contributed by atoms with van der Waals surface area (Å²) in [6.07, 6.45) is 0. The maximum atomic E-state index is 10.6. The molecule has 0 atom stereocenters. The van der Waals surface area contributed by atoms with Gasteiger partial charge >= 0.3 is 12.4 Å². The van der Waals surface area contributed by atoms with Crippen molar-refractivity contribution in [3.63, 3.8) is 0 Å². The van der Waals surface area contributed by atoms with Crippen LogP contribution in [0.5, 0.6) is 0 Å².